The second kappa shape index (κ2) is 7.94. The maximum Gasteiger partial charge on any atom is 0.0988 e. The molecule has 0 aliphatic rings. The van der Waals surface area contributed by atoms with Gasteiger partial charge in [-0.05, 0) is 61.5 Å². The monoisotopic (exact) mass is 395 g/mol. The molecule has 0 aromatic heterocycles. The fourth-order valence-electron chi connectivity index (χ4n) is 4.32. The van der Waals surface area contributed by atoms with Crippen LogP contribution >= 0.6 is 0 Å². The third-order valence-corrected chi connectivity index (χ3v) is 5.94. The van der Waals surface area contributed by atoms with Gasteiger partial charge in [0.1, 0.15) is 0 Å². The third-order valence-electron chi connectivity index (χ3n) is 5.94. The zero-order valence-electron chi connectivity index (χ0n) is 17.2. The summed E-state index contributed by atoms with van der Waals surface area (Å²) in [6, 6.07) is 34.8. The maximum atomic E-state index is 9.04. The van der Waals surface area contributed by atoms with Crippen molar-refractivity contribution in [1.29, 1.82) is 5.26 Å². The van der Waals surface area contributed by atoms with Gasteiger partial charge in [-0.25, -0.2) is 0 Å². The van der Waals surface area contributed by atoms with Gasteiger partial charge in [-0.2, -0.15) is 5.26 Å². The molecule has 5 rings (SSSR count). The van der Waals surface area contributed by atoms with Gasteiger partial charge in [0.15, 0.2) is 0 Å². The molecule has 146 valence electrons. The quantitative estimate of drug-likeness (QED) is 0.172. The Bertz CT molecular complexity index is 1480. The van der Waals surface area contributed by atoms with Crippen molar-refractivity contribution in [2.75, 3.05) is 0 Å². The lowest BCUT2D eigenvalue weighted by molar-refractivity contribution is 1.26. The first kappa shape index (κ1) is 18.9. The van der Waals surface area contributed by atoms with Crippen LogP contribution in [0, 0.1) is 11.3 Å². The van der Waals surface area contributed by atoms with Crippen molar-refractivity contribution in [3.63, 3.8) is 0 Å². The molecule has 1 heteroatoms. The largest absolute Gasteiger partial charge is 0.192 e. The summed E-state index contributed by atoms with van der Waals surface area (Å²) in [5.41, 5.74) is 4.18. The number of fused-ring (bicyclic) bond motifs is 6. The summed E-state index contributed by atoms with van der Waals surface area (Å²) < 4.78 is 0. The predicted octanol–water partition coefficient (Wildman–Crippen LogP) is 7.99. The highest BCUT2D eigenvalue weighted by Gasteiger charge is 2.09. The molecule has 0 atom stereocenters. The molecule has 0 aliphatic heterocycles. The molecule has 0 spiro atoms. The van der Waals surface area contributed by atoms with Crippen molar-refractivity contribution in [2.24, 2.45) is 0 Å². The number of allylic oxidation sites excluding steroid dienone is 3. The van der Waals surface area contributed by atoms with E-state index in [1.54, 1.807) is 6.08 Å². The second-order valence-corrected chi connectivity index (χ2v) is 7.73. The summed E-state index contributed by atoms with van der Waals surface area (Å²) in [6.45, 7) is 3.67. The summed E-state index contributed by atoms with van der Waals surface area (Å²) >= 11 is 0. The summed E-state index contributed by atoms with van der Waals surface area (Å²) in [5.74, 6) is 0. The lowest BCUT2D eigenvalue weighted by Crippen LogP contribution is -1.86. The van der Waals surface area contributed by atoms with Crippen LogP contribution in [0.3, 0.4) is 0 Å². The SMILES string of the molecule is C=C/C(C#N)=C\Cc1ccc(-c2ccc3c4ccccc4c4ccccc4c3c2)cc1. The minimum Gasteiger partial charge on any atom is -0.192 e. The average molecular weight is 396 g/mol. The van der Waals surface area contributed by atoms with Crippen LogP contribution in [0.1, 0.15) is 5.56 Å². The summed E-state index contributed by atoms with van der Waals surface area (Å²) in [5, 5.41) is 16.8. The first-order valence-electron chi connectivity index (χ1n) is 10.4. The van der Waals surface area contributed by atoms with Gasteiger partial charge in [0.2, 0.25) is 0 Å². The molecule has 0 radical (unpaired) electrons. The van der Waals surface area contributed by atoms with E-state index in [4.69, 9.17) is 5.26 Å². The number of hydrogen-bond acceptors (Lipinski definition) is 1. The van der Waals surface area contributed by atoms with Crippen LogP contribution in [0.5, 0.6) is 0 Å². The molecular formula is C30H21N. The van der Waals surface area contributed by atoms with Crippen LogP contribution in [0.4, 0.5) is 0 Å². The van der Waals surface area contributed by atoms with Crippen LogP contribution < -0.4 is 0 Å². The van der Waals surface area contributed by atoms with Gasteiger partial charge in [0, 0.05) is 5.57 Å². The number of nitriles is 1. The van der Waals surface area contributed by atoms with E-state index in [-0.39, 0.29) is 0 Å². The Morgan fingerprint density at radius 2 is 1.19 bits per heavy atom. The van der Waals surface area contributed by atoms with Gasteiger partial charge >= 0.3 is 0 Å². The molecule has 0 N–H and O–H groups in total. The van der Waals surface area contributed by atoms with Crippen LogP contribution in [0.25, 0.3) is 43.4 Å². The third kappa shape index (κ3) is 3.39. The number of benzene rings is 5. The minimum atomic E-state index is 0.609. The molecule has 5 aromatic carbocycles. The van der Waals surface area contributed by atoms with Crippen molar-refractivity contribution >= 4 is 32.3 Å². The molecular weight excluding hydrogens is 374 g/mol. The Kier molecular flexibility index (Phi) is 4.83. The van der Waals surface area contributed by atoms with E-state index in [0.29, 0.717) is 5.57 Å². The van der Waals surface area contributed by atoms with Crippen molar-refractivity contribution < 1.29 is 0 Å². The smallest absolute Gasteiger partial charge is 0.0988 e. The Balaban J connectivity index is 1.61. The lowest BCUT2D eigenvalue weighted by atomic mass is 9.92. The molecule has 1 nitrogen and oxygen atoms in total. The Morgan fingerprint density at radius 3 is 1.74 bits per heavy atom. The second-order valence-electron chi connectivity index (χ2n) is 7.73. The first-order valence-corrected chi connectivity index (χ1v) is 10.4. The van der Waals surface area contributed by atoms with Crippen LogP contribution in [-0.4, -0.2) is 0 Å². The summed E-state index contributed by atoms with van der Waals surface area (Å²) in [6.07, 6.45) is 4.23. The Morgan fingerprint density at radius 1 is 0.677 bits per heavy atom. The van der Waals surface area contributed by atoms with E-state index in [2.05, 4.69) is 104 Å². The zero-order chi connectivity index (χ0) is 21.2. The van der Waals surface area contributed by atoms with Crippen molar-refractivity contribution in [3.8, 4) is 17.2 Å². The number of hydrogen-bond donors (Lipinski definition) is 0. The summed E-state index contributed by atoms with van der Waals surface area (Å²) in [4.78, 5) is 0. The van der Waals surface area contributed by atoms with Gasteiger partial charge < -0.3 is 0 Å². The highest BCUT2D eigenvalue weighted by Crippen LogP contribution is 2.36. The van der Waals surface area contributed by atoms with Crippen LogP contribution in [-0.2, 0) is 6.42 Å². The predicted molar refractivity (Wildman–Crippen MR) is 132 cm³/mol. The van der Waals surface area contributed by atoms with Gasteiger partial charge in [0.05, 0.1) is 6.07 Å². The highest BCUT2D eigenvalue weighted by atomic mass is 14.2. The molecule has 0 heterocycles. The normalized spacial score (nSPS) is 11.6. The molecule has 5 aromatic rings. The molecule has 31 heavy (non-hydrogen) atoms. The van der Waals surface area contributed by atoms with Crippen molar-refractivity contribution in [1.82, 2.24) is 0 Å². The molecule has 0 amide bonds. The molecule has 0 saturated heterocycles. The summed E-state index contributed by atoms with van der Waals surface area (Å²) in [7, 11) is 0. The molecule has 0 fully saturated rings. The van der Waals surface area contributed by atoms with Gasteiger partial charge in [0.25, 0.3) is 0 Å². The Hall–Kier alpha value is -4.15. The molecule has 0 bridgehead atoms. The topological polar surface area (TPSA) is 23.8 Å². The fraction of sp³-hybridized carbons (Fsp3) is 0.0333. The maximum absolute atomic E-state index is 9.04. The lowest BCUT2D eigenvalue weighted by Gasteiger charge is -2.12. The van der Waals surface area contributed by atoms with Crippen LogP contribution in [0.15, 0.2) is 115 Å². The highest BCUT2D eigenvalue weighted by molar-refractivity contribution is 6.25. The van der Waals surface area contributed by atoms with Gasteiger partial charge in [-0.3, -0.25) is 0 Å². The standard InChI is InChI=1S/C30H21N/c1-2-21(20-31)11-12-22-13-15-23(16-14-22)24-17-18-29-27-9-4-3-7-25(27)26-8-5-6-10-28(26)30(29)19-24/h2-11,13-19H,1,12H2/b21-11+. The van der Waals surface area contributed by atoms with Gasteiger partial charge in [-0.1, -0.05) is 104 Å². The molecule has 0 unspecified atom stereocenters. The minimum absolute atomic E-state index is 0.609. The van der Waals surface area contributed by atoms with E-state index in [1.165, 1.54) is 49.0 Å². The van der Waals surface area contributed by atoms with E-state index in [9.17, 15) is 0 Å². The van der Waals surface area contributed by atoms with Crippen LogP contribution in [0.2, 0.25) is 0 Å². The van der Waals surface area contributed by atoms with E-state index < -0.39 is 0 Å². The number of rotatable bonds is 4. The fourth-order valence-corrected chi connectivity index (χ4v) is 4.32. The van der Waals surface area contributed by atoms with E-state index in [0.717, 1.165) is 6.42 Å². The Labute approximate surface area is 182 Å². The van der Waals surface area contributed by atoms with E-state index in [1.807, 2.05) is 6.08 Å². The first-order chi connectivity index (χ1) is 15.3. The number of nitrogens with zero attached hydrogens (tertiary/aromatic N) is 1. The molecule has 0 aliphatic carbocycles. The van der Waals surface area contributed by atoms with Crippen molar-refractivity contribution in [3.05, 3.63) is 121 Å². The van der Waals surface area contributed by atoms with Gasteiger partial charge in [-0.15, -0.1) is 0 Å². The molecule has 0 saturated carbocycles. The average Bonchev–Trinajstić information content (AvgIpc) is 2.85. The van der Waals surface area contributed by atoms with E-state index >= 15 is 0 Å². The van der Waals surface area contributed by atoms with Crippen molar-refractivity contribution in [2.45, 2.75) is 6.42 Å². The zero-order valence-corrected chi connectivity index (χ0v) is 17.2.